The van der Waals surface area contributed by atoms with E-state index in [0.29, 0.717) is 31.6 Å². The first kappa shape index (κ1) is 19.4. The van der Waals surface area contributed by atoms with Gasteiger partial charge in [-0.05, 0) is 48.6 Å². The van der Waals surface area contributed by atoms with Gasteiger partial charge in [-0.15, -0.1) is 0 Å². The van der Waals surface area contributed by atoms with Crippen molar-refractivity contribution in [2.24, 2.45) is 11.8 Å². The molecule has 0 radical (unpaired) electrons. The Morgan fingerprint density at radius 1 is 0.815 bits per heavy atom. The molecule has 0 aliphatic heterocycles. The van der Waals surface area contributed by atoms with Gasteiger partial charge in [-0.25, -0.2) is 4.79 Å². The summed E-state index contributed by atoms with van der Waals surface area (Å²) >= 11 is 0. The molecule has 4 nitrogen and oxygen atoms in total. The Hall–Kier alpha value is -2.33. The van der Waals surface area contributed by atoms with Gasteiger partial charge in [0.15, 0.2) is 0 Å². The first-order valence-electron chi connectivity index (χ1n) is 9.86. The minimum Gasteiger partial charge on any atom is -0.449 e. The van der Waals surface area contributed by atoms with Gasteiger partial charge in [0, 0.05) is 13.2 Å². The molecular weight excluding hydrogens is 338 g/mol. The van der Waals surface area contributed by atoms with E-state index in [4.69, 9.17) is 9.47 Å². The molecule has 2 aromatic rings. The standard InChI is InChI=1S/C23H29NO3/c25-23(24-15-19-7-3-1-4-8-19)27-18-22-13-11-21(12-14-22)17-26-16-20-9-5-2-6-10-20/h1-10,21-22H,11-18H2,(H,24,25). The van der Waals surface area contributed by atoms with E-state index in [-0.39, 0.29) is 6.09 Å². The third kappa shape index (κ3) is 7.06. The van der Waals surface area contributed by atoms with E-state index in [2.05, 4.69) is 17.4 Å². The van der Waals surface area contributed by atoms with Gasteiger partial charge in [0.05, 0.1) is 13.2 Å². The second-order valence-electron chi connectivity index (χ2n) is 7.33. The van der Waals surface area contributed by atoms with Crippen molar-refractivity contribution in [3.05, 3.63) is 71.8 Å². The molecule has 1 fully saturated rings. The molecule has 0 unspecified atom stereocenters. The Balaban J connectivity index is 1.25. The number of rotatable bonds is 8. The van der Waals surface area contributed by atoms with Crippen molar-refractivity contribution >= 4 is 6.09 Å². The second kappa shape index (κ2) is 10.7. The zero-order valence-corrected chi connectivity index (χ0v) is 15.8. The smallest absolute Gasteiger partial charge is 0.407 e. The molecule has 1 amide bonds. The molecule has 3 rings (SSSR count). The van der Waals surface area contributed by atoms with E-state index in [1.165, 1.54) is 5.56 Å². The van der Waals surface area contributed by atoms with E-state index in [9.17, 15) is 4.79 Å². The van der Waals surface area contributed by atoms with Crippen molar-refractivity contribution in [1.29, 1.82) is 0 Å². The average molecular weight is 367 g/mol. The molecule has 1 aliphatic rings. The summed E-state index contributed by atoms with van der Waals surface area (Å²) in [6.07, 6.45) is 4.17. The Labute approximate surface area is 161 Å². The van der Waals surface area contributed by atoms with E-state index < -0.39 is 0 Å². The van der Waals surface area contributed by atoms with Crippen molar-refractivity contribution in [2.45, 2.75) is 38.8 Å². The number of hydrogen-bond acceptors (Lipinski definition) is 3. The van der Waals surface area contributed by atoms with Gasteiger partial charge in [0.2, 0.25) is 0 Å². The number of carbonyl (C=O) groups is 1. The number of amides is 1. The van der Waals surface area contributed by atoms with E-state index in [1.54, 1.807) is 0 Å². The monoisotopic (exact) mass is 367 g/mol. The van der Waals surface area contributed by atoms with Gasteiger partial charge >= 0.3 is 6.09 Å². The fourth-order valence-corrected chi connectivity index (χ4v) is 3.50. The second-order valence-corrected chi connectivity index (χ2v) is 7.33. The third-order valence-electron chi connectivity index (χ3n) is 5.16. The number of benzene rings is 2. The topological polar surface area (TPSA) is 47.6 Å². The average Bonchev–Trinajstić information content (AvgIpc) is 2.73. The molecule has 144 valence electrons. The molecule has 4 heteroatoms. The lowest BCUT2D eigenvalue weighted by Gasteiger charge is -2.28. The molecule has 27 heavy (non-hydrogen) atoms. The van der Waals surface area contributed by atoms with Gasteiger partial charge < -0.3 is 14.8 Å². The SMILES string of the molecule is O=C(NCc1ccccc1)OCC1CCC(COCc2ccccc2)CC1. The van der Waals surface area contributed by atoms with Crippen molar-refractivity contribution in [1.82, 2.24) is 5.32 Å². The molecule has 0 spiro atoms. The van der Waals surface area contributed by atoms with Crippen molar-refractivity contribution in [2.75, 3.05) is 13.2 Å². The number of ether oxygens (including phenoxy) is 2. The Morgan fingerprint density at radius 2 is 1.37 bits per heavy atom. The molecule has 0 atom stereocenters. The highest BCUT2D eigenvalue weighted by Gasteiger charge is 2.22. The van der Waals surface area contributed by atoms with Crippen LogP contribution < -0.4 is 5.32 Å². The fraction of sp³-hybridized carbons (Fsp3) is 0.435. The molecule has 0 heterocycles. The van der Waals surface area contributed by atoms with Crippen LogP contribution in [0.25, 0.3) is 0 Å². The normalized spacial score (nSPS) is 19.4. The van der Waals surface area contributed by atoms with Crippen LogP contribution in [0, 0.1) is 11.8 Å². The molecule has 2 aromatic carbocycles. The summed E-state index contributed by atoms with van der Waals surface area (Å²) in [5.41, 5.74) is 2.30. The molecule has 1 aliphatic carbocycles. The van der Waals surface area contributed by atoms with Crippen LogP contribution in [0.3, 0.4) is 0 Å². The van der Waals surface area contributed by atoms with Crippen LogP contribution in [-0.2, 0) is 22.6 Å². The van der Waals surface area contributed by atoms with Gasteiger partial charge in [-0.3, -0.25) is 0 Å². The van der Waals surface area contributed by atoms with Crippen LogP contribution in [-0.4, -0.2) is 19.3 Å². The quantitative estimate of drug-likeness (QED) is 0.719. The van der Waals surface area contributed by atoms with E-state index in [0.717, 1.165) is 37.9 Å². The van der Waals surface area contributed by atoms with E-state index >= 15 is 0 Å². The molecule has 0 bridgehead atoms. The zero-order valence-electron chi connectivity index (χ0n) is 15.8. The van der Waals surface area contributed by atoms with Crippen LogP contribution in [0.15, 0.2) is 60.7 Å². The summed E-state index contributed by atoms with van der Waals surface area (Å²) in [4.78, 5) is 11.8. The molecule has 1 N–H and O–H groups in total. The Morgan fingerprint density at radius 3 is 2.00 bits per heavy atom. The summed E-state index contributed by atoms with van der Waals surface area (Å²) in [5, 5.41) is 2.81. The maximum Gasteiger partial charge on any atom is 0.407 e. The lowest BCUT2D eigenvalue weighted by Crippen LogP contribution is -2.28. The van der Waals surface area contributed by atoms with Crippen LogP contribution in [0.1, 0.15) is 36.8 Å². The molecule has 0 aromatic heterocycles. The number of carbonyl (C=O) groups excluding carboxylic acids is 1. The Kier molecular flexibility index (Phi) is 7.72. The Bertz CT molecular complexity index is 667. The highest BCUT2D eigenvalue weighted by atomic mass is 16.5. The molecular formula is C23H29NO3. The van der Waals surface area contributed by atoms with Crippen LogP contribution in [0.5, 0.6) is 0 Å². The van der Waals surface area contributed by atoms with Crippen molar-refractivity contribution in [3.8, 4) is 0 Å². The van der Waals surface area contributed by atoms with Gasteiger partial charge in [0.25, 0.3) is 0 Å². The largest absolute Gasteiger partial charge is 0.449 e. The predicted octanol–water partition coefficient (Wildman–Crippen LogP) is 4.94. The number of alkyl carbamates (subject to hydrolysis) is 1. The summed E-state index contributed by atoms with van der Waals surface area (Å²) in [6.45, 7) is 2.52. The van der Waals surface area contributed by atoms with Gasteiger partial charge in [0.1, 0.15) is 0 Å². The highest BCUT2D eigenvalue weighted by Crippen LogP contribution is 2.29. The van der Waals surface area contributed by atoms with Crippen LogP contribution in [0.2, 0.25) is 0 Å². The third-order valence-corrected chi connectivity index (χ3v) is 5.16. The summed E-state index contributed by atoms with van der Waals surface area (Å²) in [6, 6.07) is 20.2. The van der Waals surface area contributed by atoms with Crippen molar-refractivity contribution < 1.29 is 14.3 Å². The summed E-state index contributed by atoms with van der Waals surface area (Å²) in [5.74, 6) is 1.09. The maximum atomic E-state index is 11.8. The minimum absolute atomic E-state index is 0.327. The van der Waals surface area contributed by atoms with Crippen molar-refractivity contribution in [3.63, 3.8) is 0 Å². The first-order valence-corrected chi connectivity index (χ1v) is 9.86. The van der Waals surface area contributed by atoms with Crippen LogP contribution in [0.4, 0.5) is 4.79 Å². The fourth-order valence-electron chi connectivity index (χ4n) is 3.50. The van der Waals surface area contributed by atoms with Crippen LogP contribution >= 0.6 is 0 Å². The maximum absolute atomic E-state index is 11.8. The number of nitrogens with one attached hydrogen (secondary N) is 1. The lowest BCUT2D eigenvalue weighted by atomic mass is 9.83. The first-order chi connectivity index (χ1) is 13.3. The molecule has 0 saturated heterocycles. The van der Waals surface area contributed by atoms with Gasteiger partial charge in [-0.2, -0.15) is 0 Å². The van der Waals surface area contributed by atoms with E-state index in [1.807, 2.05) is 48.5 Å². The summed E-state index contributed by atoms with van der Waals surface area (Å²) in [7, 11) is 0. The minimum atomic E-state index is -0.327. The lowest BCUT2D eigenvalue weighted by molar-refractivity contribution is 0.0560. The molecule has 1 saturated carbocycles. The highest BCUT2D eigenvalue weighted by molar-refractivity contribution is 5.67. The number of hydrogen-bond donors (Lipinski definition) is 1. The predicted molar refractivity (Wildman–Crippen MR) is 106 cm³/mol. The zero-order chi connectivity index (χ0) is 18.7. The summed E-state index contributed by atoms with van der Waals surface area (Å²) < 4.78 is 11.3. The van der Waals surface area contributed by atoms with Gasteiger partial charge in [-0.1, -0.05) is 60.7 Å².